The number of carbonyl (C=O) groups is 1. The van der Waals surface area contributed by atoms with E-state index in [0.717, 1.165) is 39.0 Å². The number of hydrogen-bond acceptors (Lipinski definition) is 3. The molecule has 1 aliphatic rings. The van der Waals surface area contributed by atoms with Gasteiger partial charge in [-0.25, -0.2) is 0 Å². The molecule has 17 heavy (non-hydrogen) atoms. The van der Waals surface area contributed by atoms with Gasteiger partial charge in [-0.05, 0) is 39.0 Å². The standard InChI is InChI=1S/C12H24N2O2.ClH/c1-12(2,13)11(15)14(3)7-4-10-5-8-16-9-6-10;/h10H,4-9,13H2,1-3H3;1H. The Balaban J connectivity index is 0.00000256. The van der Waals surface area contributed by atoms with Crippen molar-refractivity contribution in [1.29, 1.82) is 0 Å². The largest absolute Gasteiger partial charge is 0.381 e. The minimum atomic E-state index is -0.759. The Hall–Kier alpha value is -0.320. The summed E-state index contributed by atoms with van der Waals surface area (Å²) in [6, 6.07) is 0. The van der Waals surface area contributed by atoms with Crippen LogP contribution in [-0.4, -0.2) is 43.2 Å². The van der Waals surface area contributed by atoms with Crippen LogP contribution in [0.5, 0.6) is 0 Å². The zero-order valence-corrected chi connectivity index (χ0v) is 11.9. The molecule has 1 fully saturated rings. The number of halogens is 1. The van der Waals surface area contributed by atoms with Gasteiger partial charge >= 0.3 is 0 Å². The van der Waals surface area contributed by atoms with Crippen molar-refractivity contribution in [2.24, 2.45) is 11.7 Å². The van der Waals surface area contributed by atoms with Crippen LogP contribution in [0.4, 0.5) is 0 Å². The lowest BCUT2D eigenvalue weighted by Crippen LogP contribution is -2.50. The van der Waals surface area contributed by atoms with Crippen LogP contribution in [-0.2, 0) is 9.53 Å². The summed E-state index contributed by atoms with van der Waals surface area (Å²) in [6.45, 7) is 6.03. The first-order chi connectivity index (χ1) is 7.41. The summed E-state index contributed by atoms with van der Waals surface area (Å²) >= 11 is 0. The summed E-state index contributed by atoms with van der Waals surface area (Å²) in [4.78, 5) is 13.6. The number of amides is 1. The van der Waals surface area contributed by atoms with Crippen LogP contribution in [0.15, 0.2) is 0 Å². The van der Waals surface area contributed by atoms with E-state index in [1.807, 2.05) is 7.05 Å². The number of nitrogens with two attached hydrogens (primary N) is 1. The van der Waals surface area contributed by atoms with E-state index in [1.165, 1.54) is 0 Å². The number of nitrogens with zero attached hydrogens (tertiary/aromatic N) is 1. The molecule has 0 bridgehead atoms. The molecule has 0 aromatic heterocycles. The van der Waals surface area contributed by atoms with E-state index < -0.39 is 5.54 Å². The van der Waals surface area contributed by atoms with Gasteiger partial charge in [0.15, 0.2) is 0 Å². The van der Waals surface area contributed by atoms with Crippen molar-refractivity contribution >= 4 is 18.3 Å². The number of rotatable bonds is 4. The van der Waals surface area contributed by atoms with E-state index in [2.05, 4.69) is 0 Å². The van der Waals surface area contributed by atoms with Crippen LogP contribution in [0.1, 0.15) is 33.1 Å². The number of carbonyl (C=O) groups excluding carboxylic acids is 1. The Morgan fingerprint density at radius 1 is 1.41 bits per heavy atom. The molecule has 1 rings (SSSR count). The van der Waals surface area contributed by atoms with Gasteiger partial charge in [0, 0.05) is 26.8 Å². The highest BCUT2D eigenvalue weighted by atomic mass is 35.5. The maximum absolute atomic E-state index is 11.8. The molecule has 1 aliphatic heterocycles. The average molecular weight is 265 g/mol. The van der Waals surface area contributed by atoms with Crippen LogP contribution in [0.2, 0.25) is 0 Å². The van der Waals surface area contributed by atoms with Gasteiger partial charge in [0.25, 0.3) is 0 Å². The summed E-state index contributed by atoms with van der Waals surface area (Å²) < 4.78 is 5.31. The molecule has 0 unspecified atom stereocenters. The maximum Gasteiger partial charge on any atom is 0.241 e. The van der Waals surface area contributed by atoms with Crippen molar-refractivity contribution in [2.75, 3.05) is 26.8 Å². The predicted molar refractivity (Wildman–Crippen MR) is 71.3 cm³/mol. The van der Waals surface area contributed by atoms with Crippen molar-refractivity contribution < 1.29 is 9.53 Å². The fourth-order valence-corrected chi connectivity index (χ4v) is 2.00. The van der Waals surface area contributed by atoms with Gasteiger partial charge in [-0.3, -0.25) is 4.79 Å². The molecule has 2 N–H and O–H groups in total. The third-order valence-corrected chi connectivity index (χ3v) is 3.11. The van der Waals surface area contributed by atoms with Gasteiger partial charge in [0.05, 0.1) is 5.54 Å². The summed E-state index contributed by atoms with van der Waals surface area (Å²) in [5.74, 6) is 0.712. The molecule has 5 heteroatoms. The normalized spacial score (nSPS) is 17.4. The summed E-state index contributed by atoms with van der Waals surface area (Å²) in [6.07, 6.45) is 3.30. The highest BCUT2D eigenvalue weighted by molar-refractivity contribution is 5.85. The molecule has 0 saturated carbocycles. The second-order valence-electron chi connectivity index (χ2n) is 5.29. The van der Waals surface area contributed by atoms with Gasteiger partial charge in [0.2, 0.25) is 5.91 Å². The number of ether oxygens (including phenoxy) is 1. The quantitative estimate of drug-likeness (QED) is 0.836. The smallest absolute Gasteiger partial charge is 0.241 e. The molecule has 1 amide bonds. The van der Waals surface area contributed by atoms with Crippen molar-refractivity contribution in [3.8, 4) is 0 Å². The second-order valence-corrected chi connectivity index (χ2v) is 5.29. The summed E-state index contributed by atoms with van der Waals surface area (Å²) in [5, 5.41) is 0. The van der Waals surface area contributed by atoms with Gasteiger partial charge in [0.1, 0.15) is 0 Å². The van der Waals surface area contributed by atoms with Crippen molar-refractivity contribution in [3.05, 3.63) is 0 Å². The summed E-state index contributed by atoms with van der Waals surface area (Å²) in [5.41, 5.74) is 5.02. The molecule has 4 nitrogen and oxygen atoms in total. The first-order valence-corrected chi connectivity index (χ1v) is 6.03. The maximum atomic E-state index is 11.8. The van der Waals surface area contributed by atoms with E-state index in [1.54, 1.807) is 18.7 Å². The van der Waals surface area contributed by atoms with Crippen LogP contribution < -0.4 is 5.73 Å². The highest BCUT2D eigenvalue weighted by Gasteiger charge is 2.26. The van der Waals surface area contributed by atoms with Crippen LogP contribution >= 0.6 is 12.4 Å². The second kappa shape index (κ2) is 7.19. The summed E-state index contributed by atoms with van der Waals surface area (Å²) in [7, 11) is 1.83. The van der Waals surface area contributed by atoms with E-state index in [0.29, 0.717) is 5.92 Å². The predicted octanol–water partition coefficient (Wildman–Crippen LogP) is 1.42. The zero-order chi connectivity index (χ0) is 12.2. The fraction of sp³-hybridized carbons (Fsp3) is 0.917. The van der Waals surface area contributed by atoms with Crippen molar-refractivity contribution in [2.45, 2.75) is 38.6 Å². The van der Waals surface area contributed by atoms with Crippen LogP contribution in [0.3, 0.4) is 0 Å². The van der Waals surface area contributed by atoms with E-state index in [4.69, 9.17) is 10.5 Å². The van der Waals surface area contributed by atoms with Gasteiger partial charge < -0.3 is 15.4 Å². The Morgan fingerprint density at radius 2 is 1.94 bits per heavy atom. The number of likely N-dealkylation sites (N-methyl/N-ethyl adjacent to an activating group) is 1. The third kappa shape index (κ3) is 5.70. The van der Waals surface area contributed by atoms with E-state index >= 15 is 0 Å². The molecular weight excluding hydrogens is 240 g/mol. The third-order valence-electron chi connectivity index (χ3n) is 3.11. The molecule has 0 spiro atoms. The van der Waals surface area contributed by atoms with Gasteiger partial charge in [-0.1, -0.05) is 0 Å². The van der Waals surface area contributed by atoms with Crippen molar-refractivity contribution in [1.82, 2.24) is 4.90 Å². The molecule has 0 aromatic rings. The van der Waals surface area contributed by atoms with Crippen LogP contribution in [0, 0.1) is 5.92 Å². The van der Waals surface area contributed by atoms with E-state index in [9.17, 15) is 4.79 Å². The molecule has 0 aliphatic carbocycles. The average Bonchev–Trinajstić information content (AvgIpc) is 2.25. The minimum absolute atomic E-state index is 0. The molecule has 0 atom stereocenters. The lowest BCUT2D eigenvalue weighted by atomic mass is 9.96. The monoisotopic (exact) mass is 264 g/mol. The van der Waals surface area contributed by atoms with Crippen LogP contribution in [0.25, 0.3) is 0 Å². The fourth-order valence-electron chi connectivity index (χ4n) is 2.00. The first-order valence-electron chi connectivity index (χ1n) is 6.03. The number of hydrogen-bond donors (Lipinski definition) is 1. The first kappa shape index (κ1) is 16.7. The Bertz CT molecular complexity index is 235. The topological polar surface area (TPSA) is 55.6 Å². The molecular formula is C12H25ClN2O2. The molecule has 102 valence electrons. The lowest BCUT2D eigenvalue weighted by Gasteiger charge is -2.28. The Morgan fingerprint density at radius 3 is 2.41 bits per heavy atom. The Labute approximate surface area is 110 Å². The molecule has 1 saturated heterocycles. The van der Waals surface area contributed by atoms with Crippen molar-refractivity contribution in [3.63, 3.8) is 0 Å². The van der Waals surface area contributed by atoms with E-state index in [-0.39, 0.29) is 18.3 Å². The van der Waals surface area contributed by atoms with Gasteiger partial charge in [-0.2, -0.15) is 0 Å². The zero-order valence-electron chi connectivity index (χ0n) is 11.1. The SMILES string of the molecule is CN(CCC1CCOCC1)C(=O)C(C)(C)N.Cl. The van der Waals surface area contributed by atoms with Gasteiger partial charge in [-0.15, -0.1) is 12.4 Å². The lowest BCUT2D eigenvalue weighted by molar-refractivity contribution is -0.134. The highest BCUT2D eigenvalue weighted by Crippen LogP contribution is 2.18. The molecule has 0 aromatic carbocycles. The Kier molecular flexibility index (Phi) is 7.05. The molecule has 1 heterocycles. The molecule has 0 radical (unpaired) electrons. The minimum Gasteiger partial charge on any atom is -0.381 e.